The van der Waals surface area contributed by atoms with Crippen molar-refractivity contribution in [2.45, 2.75) is 5.41 Å². The normalized spacial score (nSPS) is 13.6. The molecule has 4 aromatic carbocycles. The molecule has 1 radical (unpaired) electrons. The first-order valence-electron chi connectivity index (χ1n) is 8.72. The van der Waals surface area contributed by atoms with Crippen molar-refractivity contribution in [1.29, 1.82) is 0 Å². The van der Waals surface area contributed by atoms with Crippen LogP contribution in [0.2, 0.25) is 0 Å². The van der Waals surface area contributed by atoms with Crippen molar-refractivity contribution in [2.24, 2.45) is 0 Å². The summed E-state index contributed by atoms with van der Waals surface area (Å²) in [5.74, 6) is 0. The average molecular weight is 492 g/mol. The maximum absolute atomic E-state index is 3.34. The zero-order chi connectivity index (χ0) is 16.4. The fourth-order valence-corrected chi connectivity index (χ4v) is 4.98. The van der Waals surface area contributed by atoms with E-state index in [2.05, 4.69) is 91.0 Å². The molecule has 0 aliphatic heterocycles. The molecule has 2 aliphatic carbocycles. The van der Waals surface area contributed by atoms with E-state index in [1.807, 2.05) is 6.07 Å². The zero-order valence-corrected chi connectivity index (χ0v) is 16.6. The molecule has 0 atom stereocenters. The first-order valence-corrected chi connectivity index (χ1v) is 8.72. The summed E-state index contributed by atoms with van der Waals surface area (Å²) in [5, 5.41) is 0. The molecule has 0 amide bonds. The van der Waals surface area contributed by atoms with Crippen molar-refractivity contribution in [3.05, 3.63) is 119 Å². The Labute approximate surface area is 189 Å². The Bertz CT molecular complexity index is 975. The molecule has 1 nitrogen and oxygen atoms in total. The van der Waals surface area contributed by atoms with Gasteiger partial charge in [-0.15, -0.1) is 11.1 Å². The fourth-order valence-electron chi connectivity index (χ4n) is 4.98. The van der Waals surface area contributed by atoms with Crippen LogP contribution in [-0.2, 0) is 5.41 Å². The summed E-state index contributed by atoms with van der Waals surface area (Å²) in [4.78, 5) is 0. The van der Waals surface area contributed by atoms with Gasteiger partial charge in [-0.1, -0.05) is 72.8 Å². The van der Waals surface area contributed by atoms with E-state index in [9.17, 15) is 0 Å². The first-order chi connectivity index (χ1) is 12.4. The third-order valence-corrected chi connectivity index (χ3v) is 5.84. The predicted octanol–water partition coefficient (Wildman–Crippen LogP) is 5.01. The molecule has 0 saturated carbocycles. The predicted molar refractivity (Wildman–Crippen MR) is 105 cm³/mol. The number of benzene rings is 4. The molecule has 0 bridgehead atoms. The van der Waals surface area contributed by atoms with Crippen molar-refractivity contribution >= 4 is 0 Å². The van der Waals surface area contributed by atoms with Gasteiger partial charge in [0.2, 0.25) is 0 Å². The largest absolute Gasteiger partial charge is 0.412 e. The molecule has 2 aliphatic rings. The van der Waals surface area contributed by atoms with Gasteiger partial charge in [-0.05, 0) is 33.4 Å². The van der Waals surface area contributed by atoms with Gasteiger partial charge in [0.05, 0.1) is 0 Å². The topological polar surface area (TPSA) is 31.5 Å². The maximum Gasteiger partial charge on any atom is 0.0281 e. The number of hydrogen-bond donors (Lipinski definition) is 0. The molecular weight excluding hydrogens is 475 g/mol. The van der Waals surface area contributed by atoms with E-state index in [1.54, 1.807) is 0 Å². The minimum Gasteiger partial charge on any atom is -0.412 e. The molecule has 133 valence electrons. The van der Waals surface area contributed by atoms with Gasteiger partial charge in [0.25, 0.3) is 0 Å². The summed E-state index contributed by atoms with van der Waals surface area (Å²) in [6.45, 7) is 0. The minimum absolute atomic E-state index is 0. The summed E-state index contributed by atoms with van der Waals surface area (Å²) in [5.41, 5.74) is 10.7. The quantitative estimate of drug-likeness (QED) is 0.267. The van der Waals surface area contributed by atoms with Crippen LogP contribution in [0, 0.1) is 44.7 Å². The monoisotopic (exact) mass is 492 g/mol. The van der Waals surface area contributed by atoms with Gasteiger partial charge in [0, 0.05) is 44.0 Å². The van der Waals surface area contributed by atoms with E-state index in [1.165, 1.54) is 44.5 Å². The van der Waals surface area contributed by atoms with Gasteiger partial charge >= 0.3 is 0 Å². The molecule has 6 rings (SSSR count). The van der Waals surface area contributed by atoms with Crippen LogP contribution in [0.25, 0.3) is 22.3 Å². The Morgan fingerprint density at radius 2 is 0.926 bits per heavy atom. The molecule has 0 unspecified atom stereocenters. The van der Waals surface area contributed by atoms with E-state index in [0.29, 0.717) is 0 Å². The third kappa shape index (κ3) is 2.15. The van der Waals surface area contributed by atoms with Crippen molar-refractivity contribution in [3.63, 3.8) is 0 Å². The van der Waals surface area contributed by atoms with Gasteiger partial charge in [0.1, 0.15) is 0 Å². The van der Waals surface area contributed by atoms with Crippen molar-refractivity contribution in [2.75, 3.05) is 0 Å². The van der Waals surface area contributed by atoms with Crippen LogP contribution in [0.5, 0.6) is 0 Å². The summed E-state index contributed by atoms with van der Waals surface area (Å²) >= 11 is 0. The van der Waals surface area contributed by atoms with Crippen LogP contribution >= 0.6 is 0 Å². The van der Waals surface area contributed by atoms with E-state index in [-0.39, 0.29) is 49.5 Å². The Morgan fingerprint density at radius 1 is 0.519 bits per heavy atom. The van der Waals surface area contributed by atoms with Gasteiger partial charge in [-0.3, -0.25) is 0 Å². The molecule has 2 heteroatoms. The van der Waals surface area contributed by atoms with E-state index in [0.717, 1.165) is 0 Å². The van der Waals surface area contributed by atoms with Crippen LogP contribution in [0.3, 0.4) is 0 Å². The molecule has 0 heterocycles. The van der Waals surface area contributed by atoms with Gasteiger partial charge in [0.15, 0.2) is 0 Å². The minimum atomic E-state index is -0.211. The van der Waals surface area contributed by atoms with Gasteiger partial charge < -0.3 is 5.48 Å². The number of hydrogen-bond acceptors (Lipinski definition) is 0. The number of rotatable bonds is 0. The second kappa shape index (κ2) is 6.63. The zero-order valence-electron chi connectivity index (χ0n) is 14.5. The molecule has 0 saturated heterocycles. The Hall–Kier alpha value is -1.87. The van der Waals surface area contributed by atoms with Crippen LogP contribution < -0.4 is 0 Å². The second-order valence-corrected chi connectivity index (χ2v) is 6.86. The average Bonchev–Trinajstić information content (AvgIpc) is 3.16. The van der Waals surface area contributed by atoms with Crippen LogP contribution in [-0.4, -0.2) is 5.48 Å². The fraction of sp³-hybridized carbons (Fsp3) is 0.0400. The van der Waals surface area contributed by atoms with Crippen molar-refractivity contribution in [3.8, 4) is 22.3 Å². The second-order valence-electron chi connectivity index (χ2n) is 6.86. The van der Waals surface area contributed by atoms with Gasteiger partial charge in [-0.2, -0.15) is 24.3 Å². The molecule has 4 aromatic rings. The van der Waals surface area contributed by atoms with Crippen LogP contribution in [0.15, 0.2) is 91.0 Å². The van der Waals surface area contributed by atoms with Crippen molar-refractivity contribution < 1.29 is 44.1 Å². The van der Waals surface area contributed by atoms with E-state index in [4.69, 9.17) is 0 Å². The Kier molecular flexibility index (Phi) is 4.54. The Balaban J connectivity index is 0.000000900. The summed E-state index contributed by atoms with van der Waals surface area (Å²) < 4.78 is 0. The summed E-state index contributed by atoms with van der Waals surface area (Å²) in [6, 6.07) is 36.4. The number of fused-ring (bicyclic) bond motifs is 10. The summed E-state index contributed by atoms with van der Waals surface area (Å²) in [7, 11) is 0. The molecule has 0 fully saturated rings. The summed E-state index contributed by atoms with van der Waals surface area (Å²) in [6.07, 6.45) is 0. The SMILES string of the molecule is O.[Tb].[c-]1ccc2c(c1)C1(c3ccccc3-2)c2ccccc2-c2ccccc21. The molecule has 1 spiro atoms. The Morgan fingerprint density at radius 3 is 1.41 bits per heavy atom. The molecule has 2 N–H and O–H groups in total. The van der Waals surface area contributed by atoms with E-state index < -0.39 is 0 Å². The van der Waals surface area contributed by atoms with E-state index >= 15 is 0 Å². The van der Waals surface area contributed by atoms with Crippen molar-refractivity contribution in [1.82, 2.24) is 0 Å². The first kappa shape index (κ1) is 18.5. The molecule has 0 aromatic heterocycles. The smallest absolute Gasteiger partial charge is 0.0281 e. The maximum atomic E-state index is 3.34. The van der Waals surface area contributed by atoms with Gasteiger partial charge in [-0.25, -0.2) is 0 Å². The molecule has 27 heavy (non-hydrogen) atoms. The van der Waals surface area contributed by atoms with Crippen LogP contribution in [0.4, 0.5) is 0 Å². The third-order valence-electron chi connectivity index (χ3n) is 5.84. The standard InChI is InChI=1S/C25H15.H2O.Tb/c1-5-13-21-17(9-1)18-10-2-6-14-22(18)25(21)23-15-7-3-11-19(23)20-12-4-8-16-24(20)25;;/h1-7,9-16H;1H2;/q-1;;. The molecular formula is C25H17OTb-. The van der Waals surface area contributed by atoms with Crippen LogP contribution in [0.1, 0.15) is 22.3 Å².